The fraction of sp³-hybridized carbons (Fsp3) is 0.333. The van der Waals surface area contributed by atoms with Gasteiger partial charge in [0.05, 0.1) is 0 Å². The highest BCUT2D eigenvalue weighted by molar-refractivity contribution is 8.13. The Morgan fingerprint density at radius 3 is 3.00 bits per heavy atom. The SMILES string of the molecule is Cc1cccc(NC(=O)CN2CCSC2=O)c1. The van der Waals surface area contributed by atoms with Crippen LogP contribution in [0.5, 0.6) is 0 Å². The first-order chi connectivity index (χ1) is 8.15. The highest BCUT2D eigenvalue weighted by atomic mass is 32.2. The van der Waals surface area contributed by atoms with Gasteiger partial charge >= 0.3 is 0 Å². The van der Waals surface area contributed by atoms with Crippen molar-refractivity contribution in [2.75, 3.05) is 24.2 Å². The smallest absolute Gasteiger partial charge is 0.282 e. The zero-order valence-corrected chi connectivity index (χ0v) is 10.4. The van der Waals surface area contributed by atoms with Crippen LogP contribution >= 0.6 is 11.8 Å². The van der Waals surface area contributed by atoms with E-state index in [0.717, 1.165) is 17.0 Å². The van der Waals surface area contributed by atoms with E-state index in [4.69, 9.17) is 0 Å². The minimum absolute atomic E-state index is 0.00982. The van der Waals surface area contributed by atoms with Gasteiger partial charge in [0.1, 0.15) is 6.54 Å². The third-order valence-corrected chi connectivity index (χ3v) is 3.37. The molecule has 1 N–H and O–H groups in total. The average molecular weight is 250 g/mol. The zero-order chi connectivity index (χ0) is 12.3. The molecule has 17 heavy (non-hydrogen) atoms. The van der Waals surface area contributed by atoms with Gasteiger partial charge in [0.15, 0.2) is 0 Å². The number of benzene rings is 1. The van der Waals surface area contributed by atoms with Gasteiger partial charge in [-0.25, -0.2) is 0 Å². The van der Waals surface area contributed by atoms with Gasteiger partial charge in [-0.3, -0.25) is 9.59 Å². The molecule has 0 bridgehead atoms. The molecule has 0 spiro atoms. The van der Waals surface area contributed by atoms with Crippen molar-refractivity contribution < 1.29 is 9.59 Å². The molecular weight excluding hydrogens is 236 g/mol. The van der Waals surface area contributed by atoms with Gasteiger partial charge in [-0.2, -0.15) is 0 Å². The Hall–Kier alpha value is -1.49. The van der Waals surface area contributed by atoms with E-state index in [-0.39, 0.29) is 17.7 Å². The van der Waals surface area contributed by atoms with Gasteiger partial charge in [0, 0.05) is 18.0 Å². The molecule has 0 atom stereocenters. The van der Waals surface area contributed by atoms with E-state index in [2.05, 4.69) is 5.32 Å². The van der Waals surface area contributed by atoms with Crippen LogP contribution in [0.2, 0.25) is 0 Å². The first-order valence-electron chi connectivity index (χ1n) is 5.43. The van der Waals surface area contributed by atoms with Crippen LogP contribution < -0.4 is 5.32 Å². The molecule has 1 saturated heterocycles. The summed E-state index contributed by atoms with van der Waals surface area (Å²) in [6.07, 6.45) is 0. The molecule has 2 amide bonds. The van der Waals surface area contributed by atoms with Crippen molar-refractivity contribution in [3.63, 3.8) is 0 Å². The molecule has 1 heterocycles. The van der Waals surface area contributed by atoms with Crippen LogP contribution in [-0.4, -0.2) is 34.9 Å². The van der Waals surface area contributed by atoms with Crippen molar-refractivity contribution in [2.24, 2.45) is 0 Å². The van der Waals surface area contributed by atoms with Gasteiger partial charge in [-0.05, 0) is 24.6 Å². The molecule has 1 fully saturated rings. The Labute approximate surface area is 104 Å². The van der Waals surface area contributed by atoms with Gasteiger partial charge in [0.25, 0.3) is 5.24 Å². The van der Waals surface area contributed by atoms with Crippen LogP contribution in [-0.2, 0) is 4.79 Å². The number of carbonyl (C=O) groups is 2. The number of amides is 2. The topological polar surface area (TPSA) is 49.4 Å². The second-order valence-electron chi connectivity index (χ2n) is 3.95. The van der Waals surface area contributed by atoms with Crippen LogP contribution in [0.1, 0.15) is 5.56 Å². The summed E-state index contributed by atoms with van der Waals surface area (Å²) >= 11 is 1.26. The van der Waals surface area contributed by atoms with Crippen LogP contribution in [0.15, 0.2) is 24.3 Å². The van der Waals surface area contributed by atoms with E-state index in [1.54, 1.807) is 4.90 Å². The summed E-state index contributed by atoms with van der Waals surface area (Å²) in [5.74, 6) is 0.628. The summed E-state index contributed by atoms with van der Waals surface area (Å²) < 4.78 is 0. The highest BCUT2D eigenvalue weighted by Gasteiger charge is 2.23. The van der Waals surface area contributed by atoms with Crippen molar-refractivity contribution in [3.05, 3.63) is 29.8 Å². The number of nitrogens with zero attached hydrogens (tertiary/aromatic N) is 1. The Balaban J connectivity index is 1.91. The molecule has 90 valence electrons. The number of anilines is 1. The van der Waals surface area contributed by atoms with Crippen LogP contribution in [0.25, 0.3) is 0 Å². The number of hydrogen-bond donors (Lipinski definition) is 1. The maximum Gasteiger partial charge on any atom is 0.282 e. The zero-order valence-electron chi connectivity index (χ0n) is 9.60. The molecular formula is C12H14N2O2S. The molecule has 0 aromatic heterocycles. The fourth-order valence-electron chi connectivity index (χ4n) is 1.67. The summed E-state index contributed by atoms with van der Waals surface area (Å²) in [7, 11) is 0. The minimum Gasteiger partial charge on any atom is -0.325 e. The second kappa shape index (κ2) is 5.23. The van der Waals surface area contributed by atoms with E-state index >= 15 is 0 Å². The van der Waals surface area contributed by atoms with Gasteiger partial charge < -0.3 is 10.2 Å². The summed E-state index contributed by atoms with van der Waals surface area (Å²) in [6, 6.07) is 7.60. The number of nitrogens with one attached hydrogen (secondary N) is 1. The van der Waals surface area contributed by atoms with E-state index in [0.29, 0.717) is 6.54 Å². The Bertz CT molecular complexity index is 448. The lowest BCUT2D eigenvalue weighted by molar-refractivity contribution is -0.116. The lowest BCUT2D eigenvalue weighted by atomic mass is 10.2. The molecule has 0 saturated carbocycles. The third-order valence-electron chi connectivity index (χ3n) is 2.48. The van der Waals surface area contributed by atoms with Crippen molar-refractivity contribution in [2.45, 2.75) is 6.92 Å². The highest BCUT2D eigenvalue weighted by Crippen LogP contribution is 2.17. The van der Waals surface area contributed by atoms with Crippen LogP contribution in [0.3, 0.4) is 0 Å². The molecule has 4 nitrogen and oxygen atoms in total. The first-order valence-corrected chi connectivity index (χ1v) is 6.42. The summed E-state index contributed by atoms with van der Waals surface area (Å²) in [5, 5.41) is 2.78. The second-order valence-corrected chi connectivity index (χ2v) is 5.00. The lowest BCUT2D eigenvalue weighted by Gasteiger charge is -2.14. The van der Waals surface area contributed by atoms with Crippen molar-refractivity contribution in [3.8, 4) is 0 Å². The number of hydrogen-bond acceptors (Lipinski definition) is 3. The monoisotopic (exact) mass is 250 g/mol. The Morgan fingerprint density at radius 2 is 2.35 bits per heavy atom. The largest absolute Gasteiger partial charge is 0.325 e. The van der Waals surface area contributed by atoms with E-state index in [1.807, 2.05) is 31.2 Å². The molecule has 1 aliphatic rings. The maximum atomic E-state index is 11.7. The van der Waals surface area contributed by atoms with Crippen LogP contribution in [0, 0.1) is 6.92 Å². The molecule has 1 aliphatic heterocycles. The summed E-state index contributed by atoms with van der Waals surface area (Å²) in [4.78, 5) is 24.6. The van der Waals surface area contributed by atoms with Gasteiger partial charge in [-0.1, -0.05) is 23.9 Å². The molecule has 0 radical (unpaired) electrons. The van der Waals surface area contributed by atoms with Crippen molar-refractivity contribution in [1.29, 1.82) is 0 Å². The molecule has 1 aromatic rings. The first kappa shape index (κ1) is 12.0. The van der Waals surface area contributed by atoms with Gasteiger partial charge in [-0.15, -0.1) is 0 Å². The number of thioether (sulfide) groups is 1. The van der Waals surface area contributed by atoms with E-state index < -0.39 is 0 Å². The standard InChI is InChI=1S/C12H14N2O2S/c1-9-3-2-4-10(7-9)13-11(15)8-14-5-6-17-12(14)16/h2-4,7H,5-6,8H2,1H3,(H,13,15). The summed E-state index contributed by atoms with van der Waals surface area (Å²) in [6.45, 7) is 2.76. The molecule has 1 aromatic carbocycles. The number of rotatable bonds is 3. The Morgan fingerprint density at radius 1 is 1.53 bits per heavy atom. The number of carbonyl (C=O) groups excluding carboxylic acids is 2. The molecule has 5 heteroatoms. The molecule has 2 rings (SSSR count). The molecule has 0 aliphatic carbocycles. The van der Waals surface area contributed by atoms with Crippen molar-refractivity contribution in [1.82, 2.24) is 4.90 Å². The maximum absolute atomic E-state index is 11.7. The molecule has 0 unspecified atom stereocenters. The predicted molar refractivity (Wildman–Crippen MR) is 69.2 cm³/mol. The summed E-state index contributed by atoms with van der Waals surface area (Å²) in [5.41, 5.74) is 1.87. The third kappa shape index (κ3) is 3.23. The minimum atomic E-state index is -0.147. The van der Waals surface area contributed by atoms with E-state index in [9.17, 15) is 9.59 Å². The predicted octanol–water partition coefficient (Wildman–Crippen LogP) is 2.10. The van der Waals surface area contributed by atoms with Gasteiger partial charge in [0.2, 0.25) is 5.91 Å². The lowest BCUT2D eigenvalue weighted by Crippen LogP contribution is -2.33. The number of aryl methyl sites for hydroxylation is 1. The normalized spacial score (nSPS) is 15.1. The van der Waals surface area contributed by atoms with Crippen molar-refractivity contribution >= 4 is 28.6 Å². The Kier molecular flexibility index (Phi) is 3.68. The fourth-order valence-corrected chi connectivity index (χ4v) is 2.49. The average Bonchev–Trinajstić information content (AvgIpc) is 2.64. The van der Waals surface area contributed by atoms with E-state index in [1.165, 1.54) is 11.8 Å². The van der Waals surface area contributed by atoms with Crippen LogP contribution in [0.4, 0.5) is 10.5 Å². The quantitative estimate of drug-likeness (QED) is 0.893.